The van der Waals surface area contributed by atoms with Crippen molar-refractivity contribution < 1.29 is 8.42 Å². The molecular formula is C15H18ClN3O2S2. The molecule has 0 unspecified atom stereocenters. The van der Waals surface area contributed by atoms with Crippen molar-refractivity contribution in [2.75, 3.05) is 31.1 Å². The highest BCUT2D eigenvalue weighted by molar-refractivity contribution is 7.91. The number of sulfonamides is 1. The molecule has 0 aromatic carbocycles. The van der Waals surface area contributed by atoms with E-state index in [1.54, 1.807) is 16.4 Å². The molecule has 0 radical (unpaired) electrons. The summed E-state index contributed by atoms with van der Waals surface area (Å²) in [6, 6.07) is 9.10. The van der Waals surface area contributed by atoms with Crippen LogP contribution in [0.2, 0.25) is 4.34 Å². The largest absolute Gasteiger partial charge is 0.355 e. The molecule has 1 fully saturated rings. The van der Waals surface area contributed by atoms with Crippen molar-refractivity contribution >= 4 is 38.8 Å². The summed E-state index contributed by atoms with van der Waals surface area (Å²) in [5.41, 5.74) is 0.962. The van der Waals surface area contributed by atoms with Gasteiger partial charge in [-0.3, -0.25) is 0 Å². The molecule has 8 heteroatoms. The van der Waals surface area contributed by atoms with Crippen LogP contribution >= 0.6 is 22.9 Å². The predicted octanol–water partition coefficient (Wildman–Crippen LogP) is 3.01. The molecule has 5 nitrogen and oxygen atoms in total. The highest BCUT2D eigenvalue weighted by Crippen LogP contribution is 2.28. The average molecular weight is 372 g/mol. The average Bonchev–Trinajstić information content (AvgIpc) is 2.81. The van der Waals surface area contributed by atoms with E-state index in [0.717, 1.165) is 35.8 Å². The topological polar surface area (TPSA) is 53.5 Å². The smallest absolute Gasteiger partial charge is 0.252 e. The molecule has 124 valence electrons. The number of anilines is 1. The Bertz CT molecular complexity index is 792. The number of nitrogens with zero attached hydrogens (tertiary/aromatic N) is 3. The quantitative estimate of drug-likeness (QED) is 0.832. The lowest BCUT2D eigenvalue weighted by Crippen LogP contribution is -2.35. The van der Waals surface area contributed by atoms with Gasteiger partial charge in [0.1, 0.15) is 10.0 Å². The van der Waals surface area contributed by atoms with Crippen molar-refractivity contribution in [3.8, 4) is 0 Å². The minimum absolute atomic E-state index is 0.310. The zero-order valence-electron chi connectivity index (χ0n) is 12.8. The second-order valence-corrected chi connectivity index (χ2v) is 9.32. The summed E-state index contributed by atoms with van der Waals surface area (Å²) in [6.07, 6.45) is 0.772. The highest BCUT2D eigenvalue weighted by atomic mass is 35.5. The molecule has 1 aliphatic heterocycles. The van der Waals surface area contributed by atoms with Crippen LogP contribution in [0.5, 0.6) is 0 Å². The van der Waals surface area contributed by atoms with Gasteiger partial charge in [0.25, 0.3) is 10.0 Å². The first-order valence-electron chi connectivity index (χ1n) is 7.41. The van der Waals surface area contributed by atoms with Gasteiger partial charge in [-0.1, -0.05) is 17.7 Å². The van der Waals surface area contributed by atoms with Crippen molar-refractivity contribution in [2.24, 2.45) is 0 Å². The van der Waals surface area contributed by atoms with Gasteiger partial charge in [0, 0.05) is 31.9 Å². The maximum atomic E-state index is 12.7. The molecule has 0 spiro atoms. The van der Waals surface area contributed by atoms with Gasteiger partial charge in [-0.15, -0.1) is 11.3 Å². The van der Waals surface area contributed by atoms with E-state index < -0.39 is 10.0 Å². The summed E-state index contributed by atoms with van der Waals surface area (Å²) in [6.45, 7) is 4.36. The number of rotatable bonds is 3. The lowest BCUT2D eigenvalue weighted by atomic mass is 10.3. The maximum Gasteiger partial charge on any atom is 0.252 e. The first-order chi connectivity index (χ1) is 11.0. The molecule has 0 atom stereocenters. The van der Waals surface area contributed by atoms with E-state index in [9.17, 15) is 8.42 Å². The Morgan fingerprint density at radius 2 is 1.96 bits per heavy atom. The summed E-state index contributed by atoms with van der Waals surface area (Å²) < 4.78 is 27.7. The van der Waals surface area contributed by atoms with Gasteiger partial charge >= 0.3 is 0 Å². The van der Waals surface area contributed by atoms with Crippen molar-refractivity contribution in [3.05, 3.63) is 40.4 Å². The summed E-state index contributed by atoms with van der Waals surface area (Å²) in [4.78, 5) is 6.67. The number of aromatic nitrogens is 1. The summed E-state index contributed by atoms with van der Waals surface area (Å²) >= 11 is 6.98. The van der Waals surface area contributed by atoms with Crippen LogP contribution in [0.4, 0.5) is 5.82 Å². The first kappa shape index (κ1) is 16.7. The second kappa shape index (κ2) is 6.76. The molecule has 23 heavy (non-hydrogen) atoms. The van der Waals surface area contributed by atoms with Crippen molar-refractivity contribution in [1.29, 1.82) is 0 Å². The van der Waals surface area contributed by atoms with Gasteiger partial charge in [0.2, 0.25) is 0 Å². The van der Waals surface area contributed by atoms with E-state index in [2.05, 4.69) is 9.88 Å². The van der Waals surface area contributed by atoms with Crippen LogP contribution in [0.15, 0.2) is 34.5 Å². The van der Waals surface area contributed by atoms with Gasteiger partial charge in [-0.2, -0.15) is 4.31 Å². The van der Waals surface area contributed by atoms with Gasteiger partial charge in [-0.25, -0.2) is 13.4 Å². The minimum Gasteiger partial charge on any atom is -0.355 e. The highest BCUT2D eigenvalue weighted by Gasteiger charge is 2.28. The van der Waals surface area contributed by atoms with E-state index in [4.69, 9.17) is 11.6 Å². The molecule has 0 N–H and O–H groups in total. The van der Waals surface area contributed by atoms with Crippen LogP contribution in [0, 0.1) is 6.92 Å². The van der Waals surface area contributed by atoms with Crippen LogP contribution in [0.25, 0.3) is 0 Å². The molecule has 1 aliphatic rings. The fourth-order valence-corrected chi connectivity index (χ4v) is 5.74. The first-order valence-corrected chi connectivity index (χ1v) is 10.0. The van der Waals surface area contributed by atoms with Gasteiger partial charge < -0.3 is 4.90 Å². The molecule has 0 saturated carbocycles. The standard InChI is InChI=1S/C15H18ClN3O2S2/c1-12-4-2-5-14(17-12)18-8-3-9-19(11-10-18)23(20,21)15-7-6-13(16)22-15/h2,4-7H,3,8-11H2,1H3. The summed E-state index contributed by atoms with van der Waals surface area (Å²) in [5, 5.41) is 0. The fraction of sp³-hybridized carbons (Fsp3) is 0.400. The Kier molecular flexibility index (Phi) is 4.91. The third-order valence-corrected chi connectivity index (χ3v) is 7.39. The molecule has 2 aromatic heterocycles. The SMILES string of the molecule is Cc1cccc(N2CCCN(S(=O)(=O)c3ccc(Cl)s3)CC2)n1. The Balaban J connectivity index is 1.76. The number of hydrogen-bond acceptors (Lipinski definition) is 5. The molecule has 0 amide bonds. The zero-order valence-corrected chi connectivity index (χ0v) is 15.2. The number of pyridine rings is 1. The molecule has 0 aliphatic carbocycles. The van der Waals surface area contributed by atoms with Crippen molar-refractivity contribution in [3.63, 3.8) is 0 Å². The van der Waals surface area contributed by atoms with E-state index in [1.807, 2.05) is 25.1 Å². The summed E-state index contributed by atoms with van der Waals surface area (Å²) in [5.74, 6) is 0.906. The Labute approximate surface area is 145 Å². The van der Waals surface area contributed by atoms with Gasteiger partial charge in [0.15, 0.2) is 0 Å². The number of halogens is 1. The maximum absolute atomic E-state index is 12.7. The fourth-order valence-electron chi connectivity index (χ4n) is 2.63. The van der Waals surface area contributed by atoms with E-state index in [1.165, 1.54) is 0 Å². The second-order valence-electron chi connectivity index (χ2n) is 5.44. The number of aryl methyl sites for hydroxylation is 1. The van der Waals surface area contributed by atoms with E-state index >= 15 is 0 Å². The molecular weight excluding hydrogens is 354 g/mol. The molecule has 2 aromatic rings. The molecule has 3 heterocycles. The predicted molar refractivity (Wildman–Crippen MR) is 93.9 cm³/mol. The van der Waals surface area contributed by atoms with Gasteiger partial charge in [-0.05, 0) is 37.6 Å². The Morgan fingerprint density at radius 1 is 1.13 bits per heavy atom. The van der Waals surface area contributed by atoms with E-state index in [0.29, 0.717) is 28.2 Å². The zero-order chi connectivity index (χ0) is 16.4. The monoisotopic (exact) mass is 371 g/mol. The third-order valence-electron chi connectivity index (χ3n) is 3.80. The summed E-state index contributed by atoms with van der Waals surface area (Å²) in [7, 11) is -3.46. The lowest BCUT2D eigenvalue weighted by Gasteiger charge is -2.22. The molecule has 0 bridgehead atoms. The normalized spacial score (nSPS) is 17.2. The van der Waals surface area contributed by atoms with Crippen LogP contribution in [-0.4, -0.2) is 43.9 Å². The Morgan fingerprint density at radius 3 is 2.65 bits per heavy atom. The van der Waals surface area contributed by atoms with E-state index in [-0.39, 0.29) is 0 Å². The van der Waals surface area contributed by atoms with Gasteiger partial charge in [0.05, 0.1) is 4.34 Å². The van der Waals surface area contributed by atoms with Crippen LogP contribution in [0.1, 0.15) is 12.1 Å². The Hall–Kier alpha value is -1.15. The number of thiophene rings is 1. The van der Waals surface area contributed by atoms with Crippen LogP contribution in [0.3, 0.4) is 0 Å². The van der Waals surface area contributed by atoms with Crippen molar-refractivity contribution in [2.45, 2.75) is 17.6 Å². The molecule has 1 saturated heterocycles. The van der Waals surface area contributed by atoms with Crippen LogP contribution < -0.4 is 4.90 Å². The lowest BCUT2D eigenvalue weighted by molar-refractivity contribution is 0.434. The van der Waals surface area contributed by atoms with Crippen LogP contribution in [-0.2, 0) is 10.0 Å². The van der Waals surface area contributed by atoms with Crippen molar-refractivity contribution in [1.82, 2.24) is 9.29 Å². The number of hydrogen-bond donors (Lipinski definition) is 0. The third kappa shape index (κ3) is 3.68. The minimum atomic E-state index is -3.46. The molecule has 3 rings (SSSR count).